The van der Waals surface area contributed by atoms with Gasteiger partial charge in [-0.2, -0.15) is 13.2 Å². The number of nitrogens with zero attached hydrogens (tertiary/aromatic N) is 2. The van der Waals surface area contributed by atoms with Crippen LogP contribution in [0.15, 0.2) is 48.5 Å². The molecule has 2 aromatic carbocycles. The predicted molar refractivity (Wildman–Crippen MR) is 132 cm³/mol. The second-order valence-electron chi connectivity index (χ2n) is 10.0. The first-order valence-electron chi connectivity index (χ1n) is 12.0. The fourth-order valence-corrected chi connectivity index (χ4v) is 4.01. The monoisotopic (exact) mass is 503 g/mol. The van der Waals surface area contributed by atoms with E-state index in [1.54, 1.807) is 22.3 Å². The smallest absolute Gasteiger partial charge is 0.341 e. The molecule has 1 N–H and O–H groups in total. The number of alkyl halides is 3. The van der Waals surface area contributed by atoms with Gasteiger partial charge in [0.15, 0.2) is 5.78 Å². The van der Waals surface area contributed by atoms with Gasteiger partial charge in [0, 0.05) is 24.3 Å². The quantitative estimate of drug-likeness (QED) is 0.533. The van der Waals surface area contributed by atoms with E-state index >= 15 is 0 Å². The molecule has 3 amide bonds. The molecule has 0 bridgehead atoms. The molecule has 0 aliphatic carbocycles. The van der Waals surface area contributed by atoms with Crippen LogP contribution in [0.4, 0.5) is 23.7 Å². The van der Waals surface area contributed by atoms with E-state index in [2.05, 4.69) is 20.8 Å². The molecule has 1 aliphatic heterocycles. The summed E-state index contributed by atoms with van der Waals surface area (Å²) in [5.74, 6) is -2.80. The van der Waals surface area contributed by atoms with Crippen LogP contribution >= 0.6 is 0 Å². The zero-order valence-corrected chi connectivity index (χ0v) is 20.8. The van der Waals surface area contributed by atoms with Gasteiger partial charge in [-0.1, -0.05) is 57.2 Å². The maximum Gasteiger partial charge on any atom is 0.471 e. The number of amides is 3. The van der Waals surface area contributed by atoms with Gasteiger partial charge in [0.05, 0.1) is 13.1 Å². The van der Waals surface area contributed by atoms with Gasteiger partial charge in [-0.25, -0.2) is 4.79 Å². The van der Waals surface area contributed by atoms with Crippen LogP contribution in [0.3, 0.4) is 0 Å². The minimum Gasteiger partial charge on any atom is -0.341 e. The first-order chi connectivity index (χ1) is 16.9. The molecule has 0 atom stereocenters. The Morgan fingerprint density at radius 3 is 2.00 bits per heavy atom. The van der Waals surface area contributed by atoms with E-state index in [0.717, 1.165) is 36.1 Å². The number of urea groups is 1. The Bertz CT molecular complexity index is 1070. The van der Waals surface area contributed by atoms with Crippen molar-refractivity contribution >= 4 is 23.4 Å². The highest BCUT2D eigenvalue weighted by Gasteiger charge is 2.38. The zero-order valence-electron chi connectivity index (χ0n) is 20.8. The SMILES string of the molecule is CC(C)(C)c1ccc(N(Cc2ccc(C(=O)CNC(=O)C(F)(F)F)cc2)C(=O)N2CCCCC2)cc1. The van der Waals surface area contributed by atoms with Crippen LogP contribution in [-0.4, -0.2) is 48.4 Å². The van der Waals surface area contributed by atoms with E-state index < -0.39 is 24.4 Å². The van der Waals surface area contributed by atoms with Crippen molar-refractivity contribution in [2.24, 2.45) is 0 Å². The molecule has 0 unspecified atom stereocenters. The molecule has 0 saturated carbocycles. The highest BCUT2D eigenvalue weighted by molar-refractivity contribution is 5.99. The number of rotatable bonds is 6. The average molecular weight is 504 g/mol. The number of hydrogen-bond acceptors (Lipinski definition) is 3. The molecule has 1 heterocycles. The Morgan fingerprint density at radius 2 is 1.47 bits per heavy atom. The molecule has 1 fully saturated rings. The van der Waals surface area contributed by atoms with Gasteiger partial charge in [0.2, 0.25) is 0 Å². The number of halogens is 3. The number of ketones is 1. The minimum absolute atomic E-state index is 0.0256. The third-order valence-corrected chi connectivity index (χ3v) is 6.19. The number of hydrogen-bond donors (Lipinski definition) is 1. The maximum atomic E-state index is 13.5. The average Bonchev–Trinajstić information content (AvgIpc) is 2.85. The molecule has 1 aliphatic rings. The molecule has 2 aromatic rings. The van der Waals surface area contributed by atoms with Gasteiger partial charge in [-0.15, -0.1) is 0 Å². The molecule has 6 nitrogen and oxygen atoms in total. The lowest BCUT2D eigenvalue weighted by molar-refractivity contribution is -0.173. The Morgan fingerprint density at radius 1 is 0.889 bits per heavy atom. The summed E-state index contributed by atoms with van der Waals surface area (Å²) in [5.41, 5.74) is 2.81. The second kappa shape index (κ2) is 11.1. The summed E-state index contributed by atoms with van der Waals surface area (Å²) < 4.78 is 37.0. The summed E-state index contributed by atoms with van der Waals surface area (Å²) in [6.45, 7) is 7.28. The molecular weight excluding hydrogens is 471 g/mol. The van der Waals surface area contributed by atoms with E-state index in [9.17, 15) is 27.6 Å². The molecule has 0 spiro atoms. The topological polar surface area (TPSA) is 69.7 Å². The third-order valence-electron chi connectivity index (χ3n) is 6.19. The van der Waals surface area contributed by atoms with Crippen LogP contribution in [0, 0.1) is 0 Å². The van der Waals surface area contributed by atoms with Crippen molar-refractivity contribution in [3.8, 4) is 0 Å². The summed E-state index contributed by atoms with van der Waals surface area (Å²) in [4.78, 5) is 40.2. The van der Waals surface area contributed by atoms with Crippen molar-refractivity contribution < 1.29 is 27.6 Å². The number of nitrogens with one attached hydrogen (secondary N) is 1. The van der Waals surface area contributed by atoms with Crippen LogP contribution < -0.4 is 10.2 Å². The molecule has 0 aromatic heterocycles. The lowest BCUT2D eigenvalue weighted by Gasteiger charge is -2.33. The number of carbonyl (C=O) groups excluding carboxylic acids is 3. The number of likely N-dealkylation sites (tertiary alicyclic amines) is 1. The van der Waals surface area contributed by atoms with Crippen LogP contribution in [0.2, 0.25) is 0 Å². The maximum absolute atomic E-state index is 13.5. The third kappa shape index (κ3) is 7.08. The molecule has 194 valence electrons. The summed E-state index contributed by atoms with van der Waals surface area (Å²) in [7, 11) is 0. The van der Waals surface area contributed by atoms with Gasteiger partial charge >= 0.3 is 18.1 Å². The standard InChI is InChI=1S/C27H32F3N3O3/c1-26(2,3)21-11-13-22(14-12-21)33(25(36)32-15-5-4-6-16-32)18-19-7-9-20(10-8-19)23(34)17-31-24(35)27(28,29)30/h7-14H,4-6,15-18H2,1-3H3,(H,31,35). The first-order valence-corrected chi connectivity index (χ1v) is 12.0. The van der Waals surface area contributed by atoms with Crippen molar-refractivity contribution in [1.29, 1.82) is 0 Å². The summed E-state index contributed by atoms with van der Waals surface area (Å²) in [5, 5.41) is 1.58. The van der Waals surface area contributed by atoms with E-state index in [-0.39, 0.29) is 23.6 Å². The lowest BCUT2D eigenvalue weighted by Crippen LogP contribution is -2.45. The van der Waals surface area contributed by atoms with Crippen molar-refractivity contribution in [3.63, 3.8) is 0 Å². The van der Waals surface area contributed by atoms with Crippen molar-refractivity contribution in [2.75, 3.05) is 24.5 Å². The van der Waals surface area contributed by atoms with Gasteiger partial charge in [-0.05, 0) is 47.9 Å². The van der Waals surface area contributed by atoms with Crippen LogP contribution in [0.1, 0.15) is 61.5 Å². The van der Waals surface area contributed by atoms with Crippen molar-refractivity contribution in [3.05, 3.63) is 65.2 Å². The van der Waals surface area contributed by atoms with Gasteiger partial charge in [-0.3, -0.25) is 14.5 Å². The van der Waals surface area contributed by atoms with Crippen LogP contribution in [0.25, 0.3) is 0 Å². The van der Waals surface area contributed by atoms with Crippen LogP contribution in [0.5, 0.6) is 0 Å². The van der Waals surface area contributed by atoms with Gasteiger partial charge in [0.1, 0.15) is 0 Å². The predicted octanol–water partition coefficient (Wildman–Crippen LogP) is 5.46. The lowest BCUT2D eigenvalue weighted by atomic mass is 9.87. The molecule has 1 saturated heterocycles. The second-order valence-corrected chi connectivity index (χ2v) is 10.0. The van der Waals surface area contributed by atoms with Crippen LogP contribution in [-0.2, 0) is 16.8 Å². The number of Topliss-reactive ketones (excluding diaryl/α,β-unsaturated/α-hetero) is 1. The number of anilines is 1. The highest BCUT2D eigenvalue weighted by atomic mass is 19.4. The number of benzene rings is 2. The Kier molecular flexibility index (Phi) is 8.43. The van der Waals surface area contributed by atoms with E-state index in [0.29, 0.717) is 13.1 Å². The molecule has 36 heavy (non-hydrogen) atoms. The Labute approximate surface area is 209 Å². The number of carbonyl (C=O) groups is 3. The van der Waals surface area contributed by atoms with Gasteiger partial charge < -0.3 is 10.2 Å². The van der Waals surface area contributed by atoms with Crippen molar-refractivity contribution in [1.82, 2.24) is 10.2 Å². The summed E-state index contributed by atoms with van der Waals surface area (Å²) >= 11 is 0. The Hall–Kier alpha value is -3.36. The first kappa shape index (κ1) is 27.2. The number of piperidine rings is 1. The summed E-state index contributed by atoms with van der Waals surface area (Å²) in [6.07, 6.45) is -2.02. The molecule has 9 heteroatoms. The largest absolute Gasteiger partial charge is 0.471 e. The van der Waals surface area contributed by atoms with E-state index in [4.69, 9.17) is 0 Å². The highest BCUT2D eigenvalue weighted by Crippen LogP contribution is 2.27. The van der Waals surface area contributed by atoms with Crippen molar-refractivity contribution in [2.45, 2.75) is 58.2 Å². The fraction of sp³-hybridized carbons (Fsp3) is 0.444. The molecule has 3 rings (SSSR count). The minimum atomic E-state index is -5.04. The fourth-order valence-electron chi connectivity index (χ4n) is 4.01. The van der Waals surface area contributed by atoms with E-state index in [1.807, 2.05) is 29.2 Å². The van der Waals surface area contributed by atoms with E-state index in [1.165, 1.54) is 12.1 Å². The summed E-state index contributed by atoms with van der Waals surface area (Å²) in [6, 6.07) is 14.1. The zero-order chi connectivity index (χ0) is 26.5. The molecule has 0 radical (unpaired) electrons. The Balaban J connectivity index is 1.76. The normalized spacial score (nSPS) is 14.3. The molecular formula is C27H32F3N3O3. The van der Waals surface area contributed by atoms with Gasteiger partial charge in [0.25, 0.3) is 0 Å².